The lowest BCUT2D eigenvalue weighted by Crippen LogP contribution is -2.27. The van der Waals surface area contributed by atoms with Crippen LogP contribution in [0.15, 0.2) is 53.4 Å². The van der Waals surface area contributed by atoms with Gasteiger partial charge >= 0.3 is 5.97 Å². The zero-order chi connectivity index (χ0) is 21.5. The molecule has 2 aromatic carbocycles. The van der Waals surface area contributed by atoms with Gasteiger partial charge < -0.3 is 14.2 Å². The molecule has 1 aliphatic rings. The van der Waals surface area contributed by atoms with Crippen molar-refractivity contribution in [1.29, 1.82) is 0 Å². The highest BCUT2D eigenvalue weighted by atomic mass is 32.2. The number of esters is 1. The van der Waals surface area contributed by atoms with E-state index in [9.17, 15) is 9.59 Å². The molecule has 0 bridgehead atoms. The number of carbonyl (C=O) groups excluding carboxylic acids is 2. The number of hydrogen-bond donors (Lipinski definition) is 0. The van der Waals surface area contributed by atoms with Crippen molar-refractivity contribution < 1.29 is 23.8 Å². The number of carbonyl (C=O) groups is 2. The van der Waals surface area contributed by atoms with Gasteiger partial charge in [0.25, 0.3) is 5.91 Å². The van der Waals surface area contributed by atoms with Crippen LogP contribution in [0, 0.1) is 0 Å². The van der Waals surface area contributed by atoms with Crippen LogP contribution < -0.4 is 9.47 Å². The minimum atomic E-state index is -0.483. The molecule has 156 valence electrons. The van der Waals surface area contributed by atoms with Crippen molar-refractivity contribution >= 4 is 46.3 Å². The van der Waals surface area contributed by atoms with Crippen LogP contribution in [0.2, 0.25) is 0 Å². The number of amides is 1. The van der Waals surface area contributed by atoms with Crippen LogP contribution in [-0.4, -0.2) is 41.4 Å². The quantitative estimate of drug-likeness (QED) is 0.347. The van der Waals surface area contributed by atoms with E-state index in [2.05, 4.69) is 4.74 Å². The highest BCUT2D eigenvalue weighted by molar-refractivity contribution is 8.26. The summed E-state index contributed by atoms with van der Waals surface area (Å²) in [7, 11) is 1.30. The molecule has 6 nitrogen and oxygen atoms in total. The third-order valence-corrected chi connectivity index (χ3v) is 5.57. The fourth-order valence-corrected chi connectivity index (χ4v) is 4.01. The van der Waals surface area contributed by atoms with Gasteiger partial charge in [0.1, 0.15) is 4.32 Å². The summed E-state index contributed by atoms with van der Waals surface area (Å²) < 4.78 is 16.2. The molecule has 0 spiro atoms. The predicted octanol–water partition coefficient (Wildman–Crippen LogP) is 4.04. The number of rotatable bonds is 8. The van der Waals surface area contributed by atoms with Crippen LogP contribution in [0.1, 0.15) is 18.1 Å². The summed E-state index contributed by atoms with van der Waals surface area (Å²) in [6.45, 7) is 2.50. The Bertz CT molecular complexity index is 975. The topological polar surface area (TPSA) is 65.1 Å². The van der Waals surface area contributed by atoms with Gasteiger partial charge in [0.2, 0.25) is 0 Å². The van der Waals surface area contributed by atoms with E-state index in [0.717, 1.165) is 11.1 Å². The lowest BCUT2D eigenvalue weighted by atomic mass is 10.1. The first-order valence-electron chi connectivity index (χ1n) is 9.27. The Labute approximate surface area is 184 Å². The molecule has 0 atom stereocenters. The monoisotopic (exact) mass is 443 g/mol. The summed E-state index contributed by atoms with van der Waals surface area (Å²) in [6.07, 6.45) is 1.77. The first-order valence-corrected chi connectivity index (χ1v) is 10.5. The molecule has 2 aromatic rings. The summed E-state index contributed by atoms with van der Waals surface area (Å²) in [6, 6.07) is 15.0. The fraction of sp³-hybridized carbons (Fsp3) is 0.227. The van der Waals surface area contributed by atoms with Crippen molar-refractivity contribution in [3.63, 3.8) is 0 Å². The number of nitrogens with zero attached hydrogens (tertiary/aromatic N) is 1. The highest BCUT2D eigenvalue weighted by Crippen LogP contribution is 2.35. The Morgan fingerprint density at radius 2 is 1.90 bits per heavy atom. The second-order valence-corrected chi connectivity index (χ2v) is 7.93. The van der Waals surface area contributed by atoms with E-state index in [1.807, 2.05) is 37.3 Å². The van der Waals surface area contributed by atoms with Crippen LogP contribution in [0.4, 0.5) is 0 Å². The molecule has 1 amide bonds. The summed E-state index contributed by atoms with van der Waals surface area (Å²) >= 11 is 6.68. The molecule has 1 heterocycles. The molecule has 30 heavy (non-hydrogen) atoms. The van der Waals surface area contributed by atoms with E-state index in [1.165, 1.54) is 18.9 Å². The van der Waals surface area contributed by atoms with Crippen LogP contribution >= 0.6 is 24.0 Å². The number of thioether (sulfide) groups is 1. The lowest BCUT2D eigenvalue weighted by Gasteiger charge is -2.14. The van der Waals surface area contributed by atoms with E-state index in [1.54, 1.807) is 29.2 Å². The largest absolute Gasteiger partial charge is 0.490 e. The molecule has 8 heteroatoms. The van der Waals surface area contributed by atoms with Gasteiger partial charge in [0.15, 0.2) is 18.1 Å². The van der Waals surface area contributed by atoms with Crippen molar-refractivity contribution in [2.45, 2.75) is 13.5 Å². The highest BCUT2D eigenvalue weighted by Gasteiger charge is 2.32. The van der Waals surface area contributed by atoms with Gasteiger partial charge in [-0.2, -0.15) is 0 Å². The minimum absolute atomic E-state index is 0.127. The lowest BCUT2D eigenvalue weighted by molar-refractivity contribution is -0.142. The second kappa shape index (κ2) is 10.3. The van der Waals surface area contributed by atoms with Gasteiger partial charge in [-0.25, -0.2) is 4.79 Å². The Kier molecular flexibility index (Phi) is 7.48. The average molecular weight is 444 g/mol. The molecule has 1 saturated heterocycles. The zero-order valence-electron chi connectivity index (χ0n) is 16.6. The van der Waals surface area contributed by atoms with Crippen LogP contribution in [0.5, 0.6) is 11.5 Å². The Morgan fingerprint density at radius 1 is 1.13 bits per heavy atom. The van der Waals surface area contributed by atoms with Crippen molar-refractivity contribution in [1.82, 2.24) is 4.90 Å². The molecule has 0 saturated carbocycles. The Hall–Kier alpha value is -2.84. The van der Waals surface area contributed by atoms with E-state index in [4.69, 9.17) is 21.7 Å². The molecular weight excluding hydrogens is 422 g/mol. The number of hydrogen-bond acceptors (Lipinski definition) is 7. The predicted molar refractivity (Wildman–Crippen MR) is 120 cm³/mol. The minimum Gasteiger partial charge on any atom is -0.490 e. The fourth-order valence-electron chi connectivity index (χ4n) is 2.75. The van der Waals surface area contributed by atoms with Crippen molar-refractivity contribution in [2.75, 3.05) is 20.3 Å². The Morgan fingerprint density at radius 3 is 2.60 bits per heavy atom. The molecule has 0 aromatic heterocycles. The molecule has 1 fully saturated rings. The average Bonchev–Trinajstić information content (AvgIpc) is 3.01. The van der Waals surface area contributed by atoms with Crippen LogP contribution in [0.3, 0.4) is 0 Å². The maximum atomic E-state index is 12.9. The van der Waals surface area contributed by atoms with Gasteiger partial charge in [0.05, 0.1) is 25.2 Å². The van der Waals surface area contributed by atoms with E-state index >= 15 is 0 Å². The second-order valence-electron chi connectivity index (χ2n) is 6.26. The maximum absolute atomic E-state index is 12.9. The third kappa shape index (κ3) is 5.40. The molecule has 0 unspecified atom stereocenters. The van der Waals surface area contributed by atoms with Crippen molar-refractivity contribution in [2.24, 2.45) is 0 Å². The van der Waals surface area contributed by atoms with Gasteiger partial charge in [0, 0.05) is 0 Å². The molecule has 3 rings (SSSR count). The molecular formula is C22H21NO5S2. The molecule has 0 radical (unpaired) electrons. The number of benzene rings is 2. The van der Waals surface area contributed by atoms with Gasteiger partial charge in [-0.3, -0.25) is 9.69 Å². The van der Waals surface area contributed by atoms with E-state index < -0.39 is 5.97 Å². The molecule has 0 N–H and O–H groups in total. The van der Waals surface area contributed by atoms with Crippen LogP contribution in [0.25, 0.3) is 6.08 Å². The smallest absolute Gasteiger partial charge is 0.343 e. The third-order valence-electron chi connectivity index (χ3n) is 4.20. The van der Waals surface area contributed by atoms with Gasteiger partial charge in [-0.05, 0) is 36.3 Å². The van der Waals surface area contributed by atoms with Crippen molar-refractivity contribution in [3.05, 3.63) is 64.6 Å². The number of ether oxygens (including phenoxy) is 3. The normalized spacial score (nSPS) is 14.9. The first kappa shape index (κ1) is 21.9. The number of thiocarbonyl (C=S) groups is 1. The summed E-state index contributed by atoms with van der Waals surface area (Å²) in [5, 5.41) is 0. The summed E-state index contributed by atoms with van der Waals surface area (Å²) in [5.74, 6) is 0.299. The summed E-state index contributed by atoms with van der Waals surface area (Å²) in [5.41, 5.74) is 1.78. The van der Waals surface area contributed by atoms with Gasteiger partial charge in [-0.15, -0.1) is 0 Å². The summed E-state index contributed by atoms with van der Waals surface area (Å²) in [4.78, 5) is 26.3. The van der Waals surface area contributed by atoms with Gasteiger partial charge in [-0.1, -0.05) is 60.4 Å². The molecule has 0 aliphatic carbocycles. The Balaban J connectivity index is 1.78. The zero-order valence-corrected chi connectivity index (χ0v) is 18.3. The SMILES string of the molecule is CCOc1cc(/C=C2/SC(=S)N(Cc3ccccc3)C2=O)ccc1OCC(=O)OC. The van der Waals surface area contributed by atoms with Crippen molar-refractivity contribution in [3.8, 4) is 11.5 Å². The molecule has 1 aliphatic heterocycles. The van der Waals surface area contributed by atoms with E-state index in [-0.39, 0.29) is 12.5 Å². The maximum Gasteiger partial charge on any atom is 0.343 e. The van der Waals surface area contributed by atoms with Crippen LogP contribution in [-0.2, 0) is 20.9 Å². The number of methoxy groups -OCH3 is 1. The van der Waals surface area contributed by atoms with E-state index in [0.29, 0.717) is 33.9 Å². The standard InChI is InChI=1S/C22H21NO5S2/c1-3-27-18-11-16(9-10-17(18)28-14-20(24)26-2)12-19-21(25)23(22(29)30-19)13-15-7-5-4-6-8-15/h4-12H,3,13-14H2,1-2H3/b19-12+. The first-order chi connectivity index (χ1) is 14.5.